The zero-order valence-corrected chi connectivity index (χ0v) is 10.7. The highest BCUT2D eigenvalue weighted by molar-refractivity contribution is 7.12. The Hall–Kier alpha value is -0.870. The van der Waals surface area contributed by atoms with Crippen molar-refractivity contribution in [2.45, 2.75) is 39.2 Å². The number of nitrogens with one attached hydrogen (secondary N) is 1. The lowest BCUT2D eigenvalue weighted by Gasteiger charge is -2.18. The van der Waals surface area contributed by atoms with E-state index >= 15 is 0 Å². The van der Waals surface area contributed by atoms with E-state index in [-0.39, 0.29) is 5.41 Å². The lowest BCUT2D eigenvalue weighted by molar-refractivity contribution is 0.0693. The van der Waals surface area contributed by atoms with E-state index in [1.807, 2.05) is 0 Å². The highest BCUT2D eigenvalue weighted by atomic mass is 32.1. The number of fused-ring (bicyclic) bond motifs is 1. The molecule has 0 radical (unpaired) electrons. The number of aromatic carboxylic acids is 1. The molecule has 1 aliphatic heterocycles. The Kier molecular flexibility index (Phi) is 2.80. The molecular formula is C12H17NO2S. The third-order valence-electron chi connectivity index (χ3n) is 2.82. The van der Waals surface area contributed by atoms with Crippen molar-refractivity contribution in [3.63, 3.8) is 0 Å². The van der Waals surface area contributed by atoms with Gasteiger partial charge in [0.05, 0.1) is 5.56 Å². The molecule has 0 spiro atoms. The molecule has 4 heteroatoms. The van der Waals surface area contributed by atoms with Gasteiger partial charge >= 0.3 is 5.97 Å². The van der Waals surface area contributed by atoms with Crippen molar-refractivity contribution < 1.29 is 9.90 Å². The Morgan fingerprint density at radius 2 is 2.12 bits per heavy atom. The Balaban J connectivity index is 2.61. The van der Waals surface area contributed by atoms with E-state index in [9.17, 15) is 9.90 Å². The van der Waals surface area contributed by atoms with E-state index < -0.39 is 5.97 Å². The van der Waals surface area contributed by atoms with E-state index in [0.717, 1.165) is 30.0 Å². The van der Waals surface area contributed by atoms with Gasteiger partial charge in [-0.15, -0.1) is 11.3 Å². The van der Waals surface area contributed by atoms with Crippen LogP contribution in [0, 0.1) is 0 Å². The molecule has 0 aliphatic carbocycles. The number of carboxylic acid groups (broad SMARTS) is 1. The largest absolute Gasteiger partial charge is 0.478 e. The van der Waals surface area contributed by atoms with E-state index in [0.29, 0.717) is 5.56 Å². The van der Waals surface area contributed by atoms with E-state index in [1.54, 1.807) is 11.3 Å². The Bertz CT molecular complexity index is 429. The maximum absolute atomic E-state index is 11.4. The van der Waals surface area contributed by atoms with Crippen molar-refractivity contribution in [2.24, 2.45) is 0 Å². The van der Waals surface area contributed by atoms with E-state index in [2.05, 4.69) is 26.1 Å². The second kappa shape index (κ2) is 3.86. The van der Waals surface area contributed by atoms with Gasteiger partial charge in [-0.25, -0.2) is 4.79 Å². The molecule has 2 rings (SSSR count). The molecule has 0 amide bonds. The van der Waals surface area contributed by atoms with Gasteiger partial charge in [-0.05, 0) is 23.9 Å². The third-order valence-corrected chi connectivity index (χ3v) is 4.48. The molecular weight excluding hydrogens is 222 g/mol. The summed E-state index contributed by atoms with van der Waals surface area (Å²) in [4.78, 5) is 13.6. The van der Waals surface area contributed by atoms with Gasteiger partial charge in [-0.1, -0.05) is 20.8 Å². The topological polar surface area (TPSA) is 49.3 Å². The second-order valence-corrected chi connectivity index (χ2v) is 6.30. The molecule has 2 heterocycles. The van der Waals surface area contributed by atoms with Crippen LogP contribution >= 0.6 is 11.3 Å². The smallest absolute Gasteiger partial charge is 0.337 e. The molecule has 0 saturated heterocycles. The standard InChI is InChI=1S/C12H17NO2S/c1-12(2,3)10-9(11(14)15)7-4-5-13-6-8(7)16-10/h13H,4-6H2,1-3H3,(H,14,15). The van der Waals surface area contributed by atoms with Crippen molar-refractivity contribution in [1.82, 2.24) is 5.32 Å². The first-order chi connectivity index (χ1) is 7.41. The molecule has 1 aliphatic rings. The minimum Gasteiger partial charge on any atom is -0.478 e. The molecule has 0 saturated carbocycles. The van der Waals surface area contributed by atoms with Gasteiger partial charge in [0.15, 0.2) is 0 Å². The monoisotopic (exact) mass is 239 g/mol. The second-order valence-electron chi connectivity index (χ2n) is 5.19. The van der Waals surface area contributed by atoms with Crippen LogP contribution in [0.2, 0.25) is 0 Å². The van der Waals surface area contributed by atoms with Crippen LogP contribution in [-0.2, 0) is 18.4 Å². The Morgan fingerprint density at radius 1 is 1.44 bits per heavy atom. The van der Waals surface area contributed by atoms with Crippen molar-refractivity contribution in [3.05, 3.63) is 20.9 Å². The molecule has 0 fully saturated rings. The number of hydrogen-bond donors (Lipinski definition) is 2. The zero-order chi connectivity index (χ0) is 11.9. The fraction of sp³-hybridized carbons (Fsp3) is 0.583. The van der Waals surface area contributed by atoms with Crippen molar-refractivity contribution in [1.29, 1.82) is 0 Å². The van der Waals surface area contributed by atoms with Crippen LogP contribution < -0.4 is 5.32 Å². The van der Waals surface area contributed by atoms with Gasteiger partial charge in [0.2, 0.25) is 0 Å². The summed E-state index contributed by atoms with van der Waals surface area (Å²) >= 11 is 1.65. The van der Waals surface area contributed by atoms with Crippen LogP contribution in [-0.4, -0.2) is 17.6 Å². The van der Waals surface area contributed by atoms with Crippen LogP contribution in [0.4, 0.5) is 0 Å². The molecule has 88 valence electrons. The fourth-order valence-electron chi connectivity index (χ4n) is 2.09. The third kappa shape index (κ3) is 1.87. The molecule has 0 aromatic carbocycles. The first-order valence-corrected chi connectivity index (χ1v) is 6.32. The molecule has 16 heavy (non-hydrogen) atoms. The molecule has 1 aromatic heterocycles. The first-order valence-electron chi connectivity index (χ1n) is 5.50. The zero-order valence-electron chi connectivity index (χ0n) is 9.89. The van der Waals surface area contributed by atoms with Crippen LogP contribution in [0.1, 0.15) is 46.4 Å². The van der Waals surface area contributed by atoms with Crippen molar-refractivity contribution in [3.8, 4) is 0 Å². The molecule has 1 aromatic rings. The maximum Gasteiger partial charge on any atom is 0.337 e. The van der Waals surface area contributed by atoms with Gasteiger partial charge in [0.25, 0.3) is 0 Å². The average Bonchev–Trinajstić information content (AvgIpc) is 2.55. The highest BCUT2D eigenvalue weighted by Gasteiger charge is 2.30. The lowest BCUT2D eigenvalue weighted by Crippen LogP contribution is -2.23. The van der Waals surface area contributed by atoms with Gasteiger partial charge < -0.3 is 10.4 Å². The first kappa shape index (κ1) is 11.6. The molecule has 0 bridgehead atoms. The quantitative estimate of drug-likeness (QED) is 0.791. The molecule has 0 atom stereocenters. The summed E-state index contributed by atoms with van der Waals surface area (Å²) in [6.45, 7) is 7.92. The summed E-state index contributed by atoms with van der Waals surface area (Å²) in [5.41, 5.74) is 1.53. The molecule has 2 N–H and O–H groups in total. The summed E-state index contributed by atoms with van der Waals surface area (Å²) in [6.07, 6.45) is 0.837. The average molecular weight is 239 g/mol. The molecule has 0 unspecified atom stereocenters. The number of hydrogen-bond acceptors (Lipinski definition) is 3. The lowest BCUT2D eigenvalue weighted by atomic mass is 9.89. The van der Waals surface area contributed by atoms with Crippen molar-refractivity contribution >= 4 is 17.3 Å². The number of thiophene rings is 1. The van der Waals surface area contributed by atoms with Gasteiger partial charge in [-0.2, -0.15) is 0 Å². The number of carbonyl (C=O) groups is 1. The van der Waals surface area contributed by atoms with E-state index in [1.165, 1.54) is 4.88 Å². The van der Waals surface area contributed by atoms with Crippen LogP contribution in [0.25, 0.3) is 0 Å². The van der Waals surface area contributed by atoms with Crippen LogP contribution in [0.15, 0.2) is 0 Å². The SMILES string of the molecule is CC(C)(C)c1sc2c(c1C(=O)O)CCNC2. The normalized spacial score (nSPS) is 15.9. The fourth-order valence-corrected chi connectivity index (χ4v) is 3.46. The van der Waals surface area contributed by atoms with Gasteiger partial charge in [0, 0.05) is 16.3 Å². The van der Waals surface area contributed by atoms with Gasteiger partial charge in [0.1, 0.15) is 0 Å². The number of rotatable bonds is 1. The minimum absolute atomic E-state index is 0.0876. The van der Waals surface area contributed by atoms with Crippen LogP contribution in [0.5, 0.6) is 0 Å². The van der Waals surface area contributed by atoms with E-state index in [4.69, 9.17) is 0 Å². The maximum atomic E-state index is 11.4. The highest BCUT2D eigenvalue weighted by Crippen LogP contribution is 2.38. The summed E-state index contributed by atoms with van der Waals surface area (Å²) in [5.74, 6) is -0.774. The Morgan fingerprint density at radius 3 is 2.69 bits per heavy atom. The van der Waals surface area contributed by atoms with Crippen molar-refractivity contribution in [2.75, 3.05) is 6.54 Å². The Labute approximate surface area is 99.5 Å². The van der Waals surface area contributed by atoms with Gasteiger partial charge in [-0.3, -0.25) is 0 Å². The summed E-state index contributed by atoms with van der Waals surface area (Å²) in [6, 6.07) is 0. The van der Waals surface area contributed by atoms with Crippen LogP contribution in [0.3, 0.4) is 0 Å². The number of carboxylic acids is 1. The summed E-state index contributed by atoms with van der Waals surface area (Å²) in [5, 5.41) is 12.6. The summed E-state index contributed by atoms with van der Waals surface area (Å²) < 4.78 is 0. The predicted octanol–water partition coefficient (Wildman–Crippen LogP) is 2.39. The minimum atomic E-state index is -0.774. The molecule has 3 nitrogen and oxygen atoms in total. The predicted molar refractivity (Wildman–Crippen MR) is 65.4 cm³/mol. The summed E-state index contributed by atoms with van der Waals surface area (Å²) in [7, 11) is 0.